The predicted octanol–water partition coefficient (Wildman–Crippen LogP) is 1.97. The number of aryl methyl sites for hydroxylation is 1. The van der Waals surface area contributed by atoms with Gasteiger partial charge >= 0.3 is 0 Å². The van der Waals surface area contributed by atoms with Crippen LogP contribution in [0.5, 0.6) is 0 Å². The minimum atomic E-state index is 0.630. The Bertz CT molecular complexity index is 487. The fourth-order valence-corrected chi connectivity index (χ4v) is 1.72. The smallest absolute Gasteiger partial charge is 0.125 e. The lowest BCUT2D eigenvalue weighted by Gasteiger charge is -2.04. The largest absolute Gasteiger partial charge is 0.464 e. The molecule has 0 radical (unpaired) electrons. The van der Waals surface area contributed by atoms with E-state index in [4.69, 9.17) is 4.42 Å². The monoisotopic (exact) mass is 248 g/mol. The quantitative estimate of drug-likeness (QED) is 0.849. The first-order valence-electron chi connectivity index (χ1n) is 6.28. The molecule has 2 heterocycles. The van der Waals surface area contributed by atoms with E-state index in [1.807, 2.05) is 25.3 Å². The average molecular weight is 248 g/mol. The summed E-state index contributed by atoms with van der Waals surface area (Å²) in [5, 5.41) is 11.6. The van der Waals surface area contributed by atoms with Crippen molar-refractivity contribution in [2.45, 2.75) is 33.9 Å². The maximum Gasteiger partial charge on any atom is 0.125 e. The third kappa shape index (κ3) is 3.70. The van der Waals surface area contributed by atoms with Crippen LogP contribution in [0.15, 0.2) is 22.7 Å². The Morgan fingerprint density at radius 2 is 2.22 bits per heavy atom. The normalized spacial score (nSPS) is 11.3. The minimum Gasteiger partial charge on any atom is -0.464 e. The molecule has 0 fully saturated rings. The van der Waals surface area contributed by atoms with E-state index in [0.29, 0.717) is 12.5 Å². The first kappa shape index (κ1) is 12.8. The van der Waals surface area contributed by atoms with Gasteiger partial charge in [-0.25, -0.2) is 4.68 Å². The van der Waals surface area contributed by atoms with Gasteiger partial charge in [0.1, 0.15) is 18.1 Å². The first-order chi connectivity index (χ1) is 8.63. The summed E-state index contributed by atoms with van der Waals surface area (Å²) in [7, 11) is 0. The van der Waals surface area contributed by atoms with Gasteiger partial charge in [-0.2, -0.15) is 0 Å². The molecule has 2 aromatic rings. The van der Waals surface area contributed by atoms with Crippen LogP contribution in [0, 0.1) is 12.8 Å². The molecule has 0 aromatic carbocycles. The van der Waals surface area contributed by atoms with Crippen molar-refractivity contribution in [1.29, 1.82) is 0 Å². The zero-order valence-electron chi connectivity index (χ0n) is 11.2. The molecular weight excluding hydrogens is 228 g/mol. The Balaban J connectivity index is 1.86. The van der Waals surface area contributed by atoms with Gasteiger partial charge in [-0.3, -0.25) is 0 Å². The highest BCUT2D eigenvalue weighted by Crippen LogP contribution is 2.07. The molecule has 2 rings (SSSR count). The molecule has 0 bridgehead atoms. The van der Waals surface area contributed by atoms with E-state index in [2.05, 4.69) is 29.5 Å². The van der Waals surface area contributed by atoms with E-state index >= 15 is 0 Å². The minimum absolute atomic E-state index is 0.630. The molecule has 0 aliphatic carbocycles. The standard InChI is InChI=1S/C13H20N4O/c1-10(2)6-14-7-12-8-17(16-15-12)9-13-5-4-11(3)18-13/h4-5,8,10,14H,6-7,9H2,1-3H3. The van der Waals surface area contributed by atoms with Crippen LogP contribution in [0.25, 0.3) is 0 Å². The van der Waals surface area contributed by atoms with Crippen LogP contribution in [0.1, 0.15) is 31.1 Å². The number of hydrogen-bond donors (Lipinski definition) is 1. The van der Waals surface area contributed by atoms with Gasteiger partial charge in [-0.15, -0.1) is 5.10 Å². The van der Waals surface area contributed by atoms with E-state index in [1.165, 1.54) is 0 Å². The zero-order valence-corrected chi connectivity index (χ0v) is 11.2. The molecule has 0 aliphatic rings. The van der Waals surface area contributed by atoms with E-state index in [0.717, 1.165) is 30.3 Å². The zero-order chi connectivity index (χ0) is 13.0. The third-order valence-corrected chi connectivity index (χ3v) is 2.56. The molecule has 0 atom stereocenters. The van der Waals surface area contributed by atoms with Crippen molar-refractivity contribution in [3.63, 3.8) is 0 Å². The van der Waals surface area contributed by atoms with Gasteiger partial charge in [-0.05, 0) is 31.5 Å². The van der Waals surface area contributed by atoms with Crippen LogP contribution < -0.4 is 5.32 Å². The summed E-state index contributed by atoms with van der Waals surface area (Å²) in [6.07, 6.45) is 1.95. The summed E-state index contributed by atoms with van der Waals surface area (Å²) in [5.74, 6) is 2.47. The second-order valence-corrected chi connectivity index (χ2v) is 4.94. The maximum atomic E-state index is 5.51. The topological polar surface area (TPSA) is 55.9 Å². The molecule has 18 heavy (non-hydrogen) atoms. The summed E-state index contributed by atoms with van der Waals surface area (Å²) >= 11 is 0. The molecule has 0 spiro atoms. The lowest BCUT2D eigenvalue weighted by atomic mass is 10.2. The highest BCUT2D eigenvalue weighted by Gasteiger charge is 2.04. The Kier molecular flexibility index (Phi) is 4.15. The van der Waals surface area contributed by atoms with Crippen LogP contribution >= 0.6 is 0 Å². The number of rotatable bonds is 6. The lowest BCUT2D eigenvalue weighted by molar-refractivity contribution is 0.455. The van der Waals surface area contributed by atoms with Gasteiger partial charge in [0, 0.05) is 6.54 Å². The summed E-state index contributed by atoms with van der Waals surface area (Å²) in [6.45, 7) is 8.68. The maximum absolute atomic E-state index is 5.51. The van der Waals surface area contributed by atoms with Crippen LogP contribution in [-0.2, 0) is 13.1 Å². The number of furan rings is 1. The van der Waals surface area contributed by atoms with E-state index in [9.17, 15) is 0 Å². The number of hydrogen-bond acceptors (Lipinski definition) is 4. The van der Waals surface area contributed by atoms with Gasteiger partial charge in [0.25, 0.3) is 0 Å². The van der Waals surface area contributed by atoms with Gasteiger partial charge in [0.15, 0.2) is 0 Å². The SMILES string of the molecule is Cc1ccc(Cn2cc(CNCC(C)C)nn2)o1. The fraction of sp³-hybridized carbons (Fsp3) is 0.538. The van der Waals surface area contributed by atoms with E-state index < -0.39 is 0 Å². The summed E-state index contributed by atoms with van der Waals surface area (Å²) in [6, 6.07) is 3.92. The van der Waals surface area contributed by atoms with Gasteiger partial charge in [0.05, 0.1) is 11.9 Å². The Labute approximate surface area is 107 Å². The molecule has 5 heteroatoms. The Morgan fingerprint density at radius 1 is 1.39 bits per heavy atom. The molecule has 0 aliphatic heterocycles. The number of nitrogens with zero attached hydrogens (tertiary/aromatic N) is 3. The molecule has 2 aromatic heterocycles. The first-order valence-corrected chi connectivity index (χ1v) is 6.28. The van der Waals surface area contributed by atoms with Crippen LogP contribution in [0.4, 0.5) is 0 Å². The summed E-state index contributed by atoms with van der Waals surface area (Å²) < 4.78 is 7.30. The van der Waals surface area contributed by atoms with Crippen molar-refractivity contribution in [3.05, 3.63) is 35.5 Å². The molecule has 1 N–H and O–H groups in total. The summed E-state index contributed by atoms with van der Waals surface area (Å²) in [5.41, 5.74) is 0.957. The van der Waals surface area contributed by atoms with E-state index in [1.54, 1.807) is 4.68 Å². The van der Waals surface area contributed by atoms with Gasteiger partial charge in [0.2, 0.25) is 0 Å². The summed E-state index contributed by atoms with van der Waals surface area (Å²) in [4.78, 5) is 0. The van der Waals surface area contributed by atoms with Gasteiger partial charge in [-0.1, -0.05) is 19.1 Å². The van der Waals surface area contributed by atoms with Gasteiger partial charge < -0.3 is 9.73 Å². The van der Waals surface area contributed by atoms with Crippen molar-refractivity contribution in [2.24, 2.45) is 5.92 Å². The fourth-order valence-electron chi connectivity index (χ4n) is 1.72. The third-order valence-electron chi connectivity index (χ3n) is 2.56. The molecule has 0 saturated carbocycles. The van der Waals surface area contributed by atoms with E-state index in [-0.39, 0.29) is 0 Å². The van der Waals surface area contributed by atoms with Crippen molar-refractivity contribution >= 4 is 0 Å². The lowest BCUT2D eigenvalue weighted by Crippen LogP contribution is -2.19. The number of nitrogens with one attached hydrogen (secondary N) is 1. The van der Waals surface area contributed by atoms with Crippen LogP contribution in [0.3, 0.4) is 0 Å². The highest BCUT2D eigenvalue weighted by molar-refractivity contribution is 5.06. The highest BCUT2D eigenvalue weighted by atomic mass is 16.3. The van der Waals surface area contributed by atoms with Crippen molar-refractivity contribution in [2.75, 3.05) is 6.54 Å². The van der Waals surface area contributed by atoms with Crippen LogP contribution in [-0.4, -0.2) is 21.5 Å². The Hall–Kier alpha value is -1.62. The predicted molar refractivity (Wildman–Crippen MR) is 69.1 cm³/mol. The molecule has 0 unspecified atom stereocenters. The molecule has 5 nitrogen and oxygen atoms in total. The number of aromatic nitrogens is 3. The molecule has 0 amide bonds. The van der Waals surface area contributed by atoms with Crippen molar-refractivity contribution in [3.8, 4) is 0 Å². The van der Waals surface area contributed by atoms with Crippen molar-refractivity contribution in [1.82, 2.24) is 20.3 Å². The van der Waals surface area contributed by atoms with Crippen molar-refractivity contribution < 1.29 is 4.42 Å². The van der Waals surface area contributed by atoms with Crippen LogP contribution in [0.2, 0.25) is 0 Å². The average Bonchev–Trinajstić information content (AvgIpc) is 2.89. The molecule has 0 saturated heterocycles. The molecule has 98 valence electrons. The second-order valence-electron chi connectivity index (χ2n) is 4.94. The Morgan fingerprint density at radius 3 is 2.89 bits per heavy atom. The second kappa shape index (κ2) is 5.82. The molecular formula is C13H20N4O.